The zero-order valence-electron chi connectivity index (χ0n) is 10.4. The van der Waals surface area contributed by atoms with Crippen LogP contribution in [0.1, 0.15) is 17.3 Å². The summed E-state index contributed by atoms with van der Waals surface area (Å²) in [5, 5.41) is 3.58. The van der Waals surface area contributed by atoms with Crippen LogP contribution in [0, 0.1) is 0 Å². The van der Waals surface area contributed by atoms with E-state index in [0.29, 0.717) is 23.0 Å². The van der Waals surface area contributed by atoms with Crippen molar-refractivity contribution in [2.45, 2.75) is 6.92 Å². The fourth-order valence-electron chi connectivity index (χ4n) is 1.55. The summed E-state index contributed by atoms with van der Waals surface area (Å²) in [6.45, 7) is 2.12. The summed E-state index contributed by atoms with van der Waals surface area (Å²) in [5.41, 5.74) is 1.21. The Balaban J connectivity index is 2.20. The Labute approximate surface area is 116 Å². The predicted octanol–water partition coefficient (Wildman–Crippen LogP) is 3.66. The van der Waals surface area contributed by atoms with E-state index in [1.165, 1.54) is 0 Å². The third kappa shape index (κ3) is 3.45. The molecule has 1 N–H and O–H groups in total. The zero-order valence-corrected chi connectivity index (χ0v) is 11.1. The van der Waals surface area contributed by atoms with Crippen LogP contribution in [0.25, 0.3) is 0 Å². The molecule has 1 aromatic heterocycles. The molecule has 0 aliphatic rings. The maximum atomic E-state index is 11.6. The molecule has 0 amide bonds. The standard InChI is InChI=1S/C14H13ClN2O2/c1-2-19-14(18)10-5-3-6-11(9-10)17-13-12(15)7-4-8-16-13/h3-9H,2H2,1H3,(H,16,17). The molecule has 0 unspecified atom stereocenters. The molecule has 0 radical (unpaired) electrons. The molecule has 5 heteroatoms. The lowest BCUT2D eigenvalue weighted by Gasteiger charge is -2.08. The molecule has 0 fully saturated rings. The van der Waals surface area contributed by atoms with Crippen molar-refractivity contribution in [1.29, 1.82) is 0 Å². The van der Waals surface area contributed by atoms with Crippen LogP contribution < -0.4 is 5.32 Å². The van der Waals surface area contributed by atoms with Gasteiger partial charge in [-0.15, -0.1) is 0 Å². The Morgan fingerprint density at radius 2 is 2.21 bits per heavy atom. The number of rotatable bonds is 4. The van der Waals surface area contributed by atoms with E-state index >= 15 is 0 Å². The Morgan fingerprint density at radius 1 is 1.37 bits per heavy atom. The molecule has 0 saturated carbocycles. The summed E-state index contributed by atoms with van der Waals surface area (Å²) in [6, 6.07) is 10.5. The maximum Gasteiger partial charge on any atom is 0.338 e. The Kier molecular flexibility index (Phi) is 4.36. The van der Waals surface area contributed by atoms with E-state index in [9.17, 15) is 4.79 Å². The molecule has 19 heavy (non-hydrogen) atoms. The highest BCUT2D eigenvalue weighted by Gasteiger charge is 2.07. The first kappa shape index (κ1) is 13.4. The van der Waals surface area contributed by atoms with Gasteiger partial charge >= 0.3 is 5.97 Å². The minimum absolute atomic E-state index is 0.349. The van der Waals surface area contributed by atoms with Gasteiger partial charge in [-0.25, -0.2) is 9.78 Å². The average Bonchev–Trinajstić information content (AvgIpc) is 2.42. The SMILES string of the molecule is CCOC(=O)c1cccc(Nc2ncccc2Cl)c1. The molecule has 0 atom stereocenters. The third-order valence-corrected chi connectivity index (χ3v) is 2.70. The largest absolute Gasteiger partial charge is 0.462 e. The van der Waals surface area contributed by atoms with Crippen molar-refractivity contribution in [3.63, 3.8) is 0 Å². The molecule has 4 nitrogen and oxygen atoms in total. The van der Waals surface area contributed by atoms with Gasteiger partial charge in [0, 0.05) is 11.9 Å². The van der Waals surface area contributed by atoms with Crippen LogP contribution in [0.3, 0.4) is 0 Å². The van der Waals surface area contributed by atoms with Gasteiger partial charge in [-0.05, 0) is 37.3 Å². The molecular weight excluding hydrogens is 264 g/mol. The van der Waals surface area contributed by atoms with Gasteiger partial charge in [-0.2, -0.15) is 0 Å². The lowest BCUT2D eigenvalue weighted by atomic mass is 10.2. The van der Waals surface area contributed by atoms with E-state index in [1.807, 2.05) is 6.07 Å². The summed E-state index contributed by atoms with van der Waals surface area (Å²) < 4.78 is 4.95. The second kappa shape index (κ2) is 6.20. The summed E-state index contributed by atoms with van der Waals surface area (Å²) in [4.78, 5) is 15.7. The van der Waals surface area contributed by atoms with Gasteiger partial charge in [0.05, 0.1) is 17.2 Å². The quantitative estimate of drug-likeness (QED) is 0.866. The Hall–Kier alpha value is -2.07. The van der Waals surface area contributed by atoms with E-state index in [0.717, 1.165) is 5.69 Å². The molecule has 1 aromatic carbocycles. The van der Waals surface area contributed by atoms with Crippen molar-refractivity contribution in [3.8, 4) is 0 Å². The second-order valence-corrected chi connectivity index (χ2v) is 4.17. The van der Waals surface area contributed by atoms with Gasteiger partial charge in [0.1, 0.15) is 5.82 Å². The second-order valence-electron chi connectivity index (χ2n) is 3.76. The van der Waals surface area contributed by atoms with Crippen LogP contribution in [0.5, 0.6) is 0 Å². The molecule has 0 aliphatic carbocycles. The number of anilines is 2. The summed E-state index contributed by atoms with van der Waals surface area (Å²) >= 11 is 6.01. The van der Waals surface area contributed by atoms with E-state index in [2.05, 4.69) is 10.3 Å². The van der Waals surface area contributed by atoms with Crippen molar-refractivity contribution < 1.29 is 9.53 Å². The number of nitrogens with one attached hydrogen (secondary N) is 1. The van der Waals surface area contributed by atoms with E-state index < -0.39 is 0 Å². The van der Waals surface area contributed by atoms with Crippen LogP contribution in [0.15, 0.2) is 42.6 Å². The van der Waals surface area contributed by atoms with Crippen molar-refractivity contribution >= 4 is 29.1 Å². The maximum absolute atomic E-state index is 11.6. The monoisotopic (exact) mass is 276 g/mol. The minimum Gasteiger partial charge on any atom is -0.462 e. The average molecular weight is 277 g/mol. The Bertz CT molecular complexity index is 587. The number of benzene rings is 1. The predicted molar refractivity (Wildman–Crippen MR) is 74.9 cm³/mol. The van der Waals surface area contributed by atoms with Gasteiger partial charge in [0.2, 0.25) is 0 Å². The topological polar surface area (TPSA) is 51.2 Å². The highest BCUT2D eigenvalue weighted by molar-refractivity contribution is 6.33. The third-order valence-electron chi connectivity index (χ3n) is 2.39. The molecule has 98 valence electrons. The summed E-state index contributed by atoms with van der Waals surface area (Å²) in [5.74, 6) is 0.198. The fraction of sp³-hybridized carbons (Fsp3) is 0.143. The van der Waals surface area contributed by atoms with Crippen molar-refractivity contribution in [2.24, 2.45) is 0 Å². The molecule has 2 aromatic rings. The first-order valence-corrected chi connectivity index (χ1v) is 6.23. The van der Waals surface area contributed by atoms with Gasteiger partial charge in [0.25, 0.3) is 0 Å². The summed E-state index contributed by atoms with van der Waals surface area (Å²) in [6.07, 6.45) is 1.64. The normalized spacial score (nSPS) is 10.0. The van der Waals surface area contributed by atoms with Gasteiger partial charge in [0.15, 0.2) is 0 Å². The molecule has 1 heterocycles. The number of carbonyl (C=O) groups is 1. The number of aromatic nitrogens is 1. The number of pyridine rings is 1. The van der Waals surface area contributed by atoms with Crippen LogP contribution in [0.2, 0.25) is 5.02 Å². The number of esters is 1. The molecule has 2 rings (SSSR count). The highest BCUT2D eigenvalue weighted by atomic mass is 35.5. The van der Waals surface area contributed by atoms with E-state index in [1.54, 1.807) is 43.5 Å². The number of hydrogen-bond donors (Lipinski definition) is 1. The van der Waals surface area contributed by atoms with Crippen molar-refractivity contribution in [1.82, 2.24) is 4.98 Å². The van der Waals surface area contributed by atoms with Crippen molar-refractivity contribution in [3.05, 3.63) is 53.2 Å². The number of carbonyl (C=O) groups excluding carboxylic acids is 1. The van der Waals surface area contributed by atoms with Gasteiger partial charge < -0.3 is 10.1 Å². The molecule has 0 spiro atoms. The first-order chi connectivity index (χ1) is 9.20. The van der Waals surface area contributed by atoms with E-state index in [4.69, 9.17) is 16.3 Å². The number of ether oxygens (including phenoxy) is 1. The van der Waals surface area contributed by atoms with Crippen LogP contribution in [-0.4, -0.2) is 17.6 Å². The zero-order chi connectivity index (χ0) is 13.7. The fourth-order valence-corrected chi connectivity index (χ4v) is 1.72. The van der Waals surface area contributed by atoms with Gasteiger partial charge in [-0.1, -0.05) is 17.7 Å². The molecule has 0 bridgehead atoms. The number of hydrogen-bond acceptors (Lipinski definition) is 4. The van der Waals surface area contributed by atoms with Crippen LogP contribution >= 0.6 is 11.6 Å². The number of halogens is 1. The molecule has 0 saturated heterocycles. The smallest absolute Gasteiger partial charge is 0.338 e. The first-order valence-electron chi connectivity index (χ1n) is 5.85. The van der Waals surface area contributed by atoms with Gasteiger partial charge in [-0.3, -0.25) is 0 Å². The van der Waals surface area contributed by atoms with Crippen molar-refractivity contribution in [2.75, 3.05) is 11.9 Å². The van der Waals surface area contributed by atoms with Crippen LogP contribution in [-0.2, 0) is 4.74 Å². The summed E-state index contributed by atoms with van der Waals surface area (Å²) in [7, 11) is 0. The lowest BCUT2D eigenvalue weighted by molar-refractivity contribution is 0.0526. The van der Waals surface area contributed by atoms with E-state index in [-0.39, 0.29) is 5.97 Å². The number of nitrogens with zero attached hydrogens (tertiary/aromatic N) is 1. The molecule has 0 aliphatic heterocycles. The lowest BCUT2D eigenvalue weighted by Crippen LogP contribution is -2.05. The minimum atomic E-state index is -0.349. The molecular formula is C14H13ClN2O2. The highest BCUT2D eigenvalue weighted by Crippen LogP contribution is 2.23. The van der Waals surface area contributed by atoms with Crippen LogP contribution in [0.4, 0.5) is 11.5 Å². The Morgan fingerprint density at radius 3 is 2.95 bits per heavy atom.